The Morgan fingerprint density at radius 3 is 1.96 bits per heavy atom. The predicted molar refractivity (Wildman–Crippen MR) is 198 cm³/mol. The number of amides is 2. The fourth-order valence-electron chi connectivity index (χ4n) is 5.58. The van der Waals surface area contributed by atoms with Gasteiger partial charge in [0.05, 0.1) is 10.6 Å². The van der Waals surface area contributed by atoms with Crippen molar-refractivity contribution in [1.29, 1.82) is 0 Å². The standard InChI is InChI=1S/C41H43N3O5S/c1-3-4-28-42-41(46)39(29-33-17-8-5-9-18-33)43(30-34-19-15-14-16-32(34)2)40(45)31-44(50(47,48)38-22-12-7-13-23-38)35-24-26-37(27-25-35)49-36-20-10-6-11-21-36/h5-27,39H,3-4,28-31H2,1-2H3,(H,42,46)/t39-/m1/s1. The van der Waals surface area contributed by atoms with Gasteiger partial charge in [-0.05, 0) is 78.6 Å². The van der Waals surface area contributed by atoms with E-state index < -0.39 is 28.5 Å². The first-order valence-electron chi connectivity index (χ1n) is 16.8. The second kappa shape index (κ2) is 17.3. The van der Waals surface area contributed by atoms with Crippen LogP contribution in [0.25, 0.3) is 0 Å². The lowest BCUT2D eigenvalue weighted by molar-refractivity contribution is -0.140. The van der Waals surface area contributed by atoms with Crippen molar-refractivity contribution in [3.8, 4) is 11.5 Å². The van der Waals surface area contributed by atoms with E-state index in [0.717, 1.165) is 33.8 Å². The first-order chi connectivity index (χ1) is 24.3. The number of unbranched alkanes of at least 4 members (excludes halogenated alkanes) is 1. The Balaban J connectivity index is 1.54. The molecule has 0 aliphatic rings. The summed E-state index contributed by atoms with van der Waals surface area (Å²) in [6.45, 7) is 4.06. The molecule has 258 valence electrons. The highest BCUT2D eigenvalue weighted by molar-refractivity contribution is 7.92. The second-order valence-electron chi connectivity index (χ2n) is 12.0. The molecule has 0 aliphatic carbocycles. The minimum atomic E-state index is -4.21. The van der Waals surface area contributed by atoms with Crippen LogP contribution in [0.15, 0.2) is 144 Å². The molecule has 0 saturated heterocycles. The first-order valence-corrected chi connectivity index (χ1v) is 18.3. The molecule has 5 aromatic rings. The van der Waals surface area contributed by atoms with Gasteiger partial charge in [0.25, 0.3) is 10.0 Å². The van der Waals surface area contributed by atoms with E-state index in [-0.39, 0.29) is 29.5 Å². The molecule has 0 aliphatic heterocycles. The van der Waals surface area contributed by atoms with E-state index >= 15 is 0 Å². The van der Waals surface area contributed by atoms with E-state index in [1.165, 1.54) is 17.0 Å². The number of nitrogens with zero attached hydrogens (tertiary/aromatic N) is 2. The number of benzene rings is 5. The average molecular weight is 690 g/mol. The van der Waals surface area contributed by atoms with Gasteiger partial charge in [0.2, 0.25) is 11.8 Å². The summed E-state index contributed by atoms with van der Waals surface area (Å²) >= 11 is 0. The summed E-state index contributed by atoms with van der Waals surface area (Å²) in [4.78, 5) is 30.2. The molecule has 1 N–H and O–H groups in total. The largest absolute Gasteiger partial charge is 0.457 e. The zero-order chi connectivity index (χ0) is 35.3. The minimum absolute atomic E-state index is 0.0426. The predicted octanol–water partition coefficient (Wildman–Crippen LogP) is 7.54. The van der Waals surface area contributed by atoms with Gasteiger partial charge in [-0.2, -0.15) is 0 Å². The summed E-state index contributed by atoms with van der Waals surface area (Å²) < 4.78 is 35.6. The third-order valence-electron chi connectivity index (χ3n) is 8.42. The van der Waals surface area contributed by atoms with Crippen LogP contribution in [0.1, 0.15) is 36.5 Å². The molecule has 8 nitrogen and oxygen atoms in total. The summed E-state index contributed by atoms with van der Waals surface area (Å²) in [7, 11) is -4.21. The van der Waals surface area contributed by atoms with E-state index in [4.69, 9.17) is 4.74 Å². The Bertz CT molecular complexity index is 1940. The van der Waals surface area contributed by atoms with Crippen molar-refractivity contribution < 1.29 is 22.7 Å². The summed E-state index contributed by atoms with van der Waals surface area (Å²) in [5.74, 6) is 0.349. The van der Waals surface area contributed by atoms with Crippen molar-refractivity contribution in [2.75, 3.05) is 17.4 Å². The smallest absolute Gasteiger partial charge is 0.264 e. The van der Waals surface area contributed by atoms with Crippen molar-refractivity contribution in [1.82, 2.24) is 10.2 Å². The van der Waals surface area contributed by atoms with Crippen LogP contribution in [0.2, 0.25) is 0 Å². The van der Waals surface area contributed by atoms with Gasteiger partial charge in [-0.15, -0.1) is 0 Å². The molecule has 5 rings (SSSR count). The maximum absolute atomic E-state index is 14.7. The zero-order valence-electron chi connectivity index (χ0n) is 28.4. The van der Waals surface area contributed by atoms with Gasteiger partial charge >= 0.3 is 0 Å². The van der Waals surface area contributed by atoms with Crippen LogP contribution < -0.4 is 14.4 Å². The van der Waals surface area contributed by atoms with E-state index in [0.29, 0.717) is 18.0 Å². The van der Waals surface area contributed by atoms with Crippen LogP contribution in [0, 0.1) is 6.92 Å². The molecule has 0 saturated carbocycles. The number of aryl methyl sites for hydroxylation is 1. The highest BCUT2D eigenvalue weighted by Crippen LogP contribution is 2.29. The number of nitrogens with one attached hydrogen (secondary N) is 1. The normalized spacial score (nSPS) is 11.7. The quantitative estimate of drug-likeness (QED) is 0.108. The van der Waals surface area contributed by atoms with Crippen LogP contribution in [0.4, 0.5) is 5.69 Å². The van der Waals surface area contributed by atoms with Gasteiger partial charge < -0.3 is 15.0 Å². The molecule has 9 heteroatoms. The van der Waals surface area contributed by atoms with Gasteiger partial charge in [-0.3, -0.25) is 13.9 Å². The lowest BCUT2D eigenvalue weighted by Crippen LogP contribution is -2.53. The number of sulfonamides is 1. The fraction of sp³-hybridized carbons (Fsp3) is 0.220. The monoisotopic (exact) mass is 689 g/mol. The first kappa shape index (κ1) is 35.9. The number of hydrogen-bond acceptors (Lipinski definition) is 5. The van der Waals surface area contributed by atoms with Gasteiger partial charge in [0, 0.05) is 19.5 Å². The van der Waals surface area contributed by atoms with Gasteiger partial charge in [0.1, 0.15) is 24.1 Å². The number of para-hydroxylation sites is 1. The second-order valence-corrected chi connectivity index (χ2v) is 13.9. The molecule has 1 atom stereocenters. The van der Waals surface area contributed by atoms with Gasteiger partial charge in [-0.25, -0.2) is 8.42 Å². The van der Waals surface area contributed by atoms with Crippen LogP contribution in [-0.2, 0) is 32.6 Å². The van der Waals surface area contributed by atoms with E-state index in [2.05, 4.69) is 5.32 Å². The summed E-state index contributed by atoms with van der Waals surface area (Å²) in [6.07, 6.45) is 1.95. The summed E-state index contributed by atoms with van der Waals surface area (Å²) in [5.41, 5.74) is 2.98. The van der Waals surface area contributed by atoms with Crippen LogP contribution in [0.3, 0.4) is 0 Å². The summed E-state index contributed by atoms with van der Waals surface area (Å²) in [6, 6.07) is 40.2. The van der Waals surface area contributed by atoms with Crippen molar-refractivity contribution in [3.63, 3.8) is 0 Å². The lowest BCUT2D eigenvalue weighted by Gasteiger charge is -2.34. The number of carbonyl (C=O) groups is 2. The van der Waals surface area contributed by atoms with Crippen LogP contribution in [-0.4, -0.2) is 44.3 Å². The molecule has 0 unspecified atom stereocenters. The molecule has 0 heterocycles. The van der Waals surface area contributed by atoms with Crippen LogP contribution >= 0.6 is 0 Å². The molecule has 2 amide bonds. The van der Waals surface area contributed by atoms with Crippen LogP contribution in [0.5, 0.6) is 11.5 Å². The highest BCUT2D eigenvalue weighted by atomic mass is 32.2. The van der Waals surface area contributed by atoms with Crippen molar-refractivity contribution >= 4 is 27.5 Å². The van der Waals surface area contributed by atoms with E-state index in [9.17, 15) is 18.0 Å². The minimum Gasteiger partial charge on any atom is -0.457 e. The Morgan fingerprint density at radius 2 is 1.32 bits per heavy atom. The molecule has 0 radical (unpaired) electrons. The molecular formula is C41H43N3O5S. The molecule has 0 aromatic heterocycles. The van der Waals surface area contributed by atoms with Crippen molar-refractivity contribution in [3.05, 3.63) is 156 Å². The molecular weight excluding hydrogens is 647 g/mol. The third kappa shape index (κ3) is 9.39. The Hall–Kier alpha value is -5.41. The summed E-state index contributed by atoms with van der Waals surface area (Å²) in [5, 5.41) is 3.03. The molecule has 50 heavy (non-hydrogen) atoms. The fourth-order valence-corrected chi connectivity index (χ4v) is 7.02. The maximum Gasteiger partial charge on any atom is 0.264 e. The molecule has 0 fully saturated rings. The number of anilines is 1. The molecule has 0 bridgehead atoms. The Kier molecular flexibility index (Phi) is 12.4. The lowest BCUT2D eigenvalue weighted by atomic mass is 10.0. The number of hydrogen-bond donors (Lipinski definition) is 1. The highest BCUT2D eigenvalue weighted by Gasteiger charge is 2.34. The molecule has 5 aromatic carbocycles. The number of rotatable bonds is 16. The van der Waals surface area contributed by atoms with Crippen molar-refractivity contribution in [2.24, 2.45) is 0 Å². The number of carbonyl (C=O) groups excluding carboxylic acids is 2. The van der Waals surface area contributed by atoms with E-state index in [1.807, 2.05) is 98.8 Å². The van der Waals surface area contributed by atoms with Gasteiger partial charge in [-0.1, -0.05) is 104 Å². The molecule has 0 spiro atoms. The number of ether oxygens (including phenoxy) is 1. The maximum atomic E-state index is 14.7. The average Bonchev–Trinajstić information content (AvgIpc) is 3.14. The topological polar surface area (TPSA) is 96.0 Å². The Labute approximate surface area is 295 Å². The van der Waals surface area contributed by atoms with Gasteiger partial charge in [0.15, 0.2) is 0 Å². The third-order valence-corrected chi connectivity index (χ3v) is 10.2. The van der Waals surface area contributed by atoms with E-state index in [1.54, 1.807) is 42.5 Å². The zero-order valence-corrected chi connectivity index (χ0v) is 29.3. The SMILES string of the molecule is CCCCNC(=O)[C@@H](Cc1ccccc1)N(Cc1ccccc1C)C(=O)CN(c1ccc(Oc2ccccc2)cc1)S(=O)(=O)c1ccccc1. The van der Waals surface area contributed by atoms with Crippen molar-refractivity contribution in [2.45, 2.75) is 50.6 Å². The Morgan fingerprint density at radius 1 is 0.740 bits per heavy atom.